The van der Waals surface area contributed by atoms with E-state index in [0.29, 0.717) is 28.9 Å². The Hall–Kier alpha value is -3.99. The first-order valence-corrected chi connectivity index (χ1v) is 12.3. The fraction of sp³-hybridized carbons (Fsp3) is 0.231. The largest absolute Gasteiger partial charge is 0.493 e. The van der Waals surface area contributed by atoms with Crippen molar-refractivity contribution in [2.24, 2.45) is 5.10 Å². The van der Waals surface area contributed by atoms with Gasteiger partial charge in [0, 0.05) is 29.2 Å². The summed E-state index contributed by atoms with van der Waals surface area (Å²) < 4.78 is 35.5. The lowest BCUT2D eigenvalue weighted by molar-refractivity contribution is -0.0512. The van der Waals surface area contributed by atoms with Crippen LogP contribution < -0.4 is 14.8 Å². The van der Waals surface area contributed by atoms with Crippen molar-refractivity contribution in [3.8, 4) is 11.5 Å². The minimum absolute atomic E-state index is 0.106. The van der Waals surface area contributed by atoms with E-state index in [4.69, 9.17) is 4.74 Å². The van der Waals surface area contributed by atoms with Crippen molar-refractivity contribution in [2.45, 2.75) is 31.8 Å². The van der Waals surface area contributed by atoms with E-state index in [9.17, 15) is 18.4 Å². The van der Waals surface area contributed by atoms with Crippen LogP contribution in [-0.2, 0) is 6.54 Å². The average molecular weight is 527 g/mol. The lowest BCUT2D eigenvalue weighted by Gasteiger charge is -2.28. The van der Waals surface area contributed by atoms with Crippen molar-refractivity contribution in [2.75, 3.05) is 12.4 Å². The predicted octanol–water partition coefficient (Wildman–Crippen LogP) is 5.80. The van der Waals surface area contributed by atoms with Gasteiger partial charge in [-0.25, -0.2) is 5.01 Å². The Balaban J connectivity index is 1.53. The maximum absolute atomic E-state index is 12.9. The van der Waals surface area contributed by atoms with Gasteiger partial charge in [-0.05, 0) is 54.4 Å². The molecule has 0 aliphatic carbocycles. The van der Waals surface area contributed by atoms with Crippen molar-refractivity contribution < 1.29 is 27.8 Å². The minimum atomic E-state index is -3.01. The topological polar surface area (TPSA) is 93.1 Å². The van der Waals surface area contributed by atoms with Gasteiger partial charge in [0.2, 0.25) is 0 Å². The highest BCUT2D eigenvalue weighted by Crippen LogP contribution is 2.34. The molecule has 0 fully saturated rings. The molecule has 1 unspecified atom stereocenters. The van der Waals surface area contributed by atoms with Gasteiger partial charge < -0.3 is 14.8 Å². The number of hydrogen-bond acceptors (Lipinski definition) is 7. The number of nitrogens with one attached hydrogen (secondary N) is 1. The Labute approximate surface area is 216 Å². The minimum Gasteiger partial charge on any atom is -0.493 e. The van der Waals surface area contributed by atoms with Gasteiger partial charge >= 0.3 is 11.9 Å². The number of hydrazone groups is 1. The Morgan fingerprint density at radius 3 is 2.49 bits per heavy atom. The molecule has 2 heterocycles. The summed E-state index contributed by atoms with van der Waals surface area (Å²) in [5.74, 6) is -0.192. The molecule has 8 nitrogen and oxygen atoms in total. The van der Waals surface area contributed by atoms with Crippen LogP contribution in [0.2, 0.25) is 0 Å². The molecule has 0 spiro atoms. The second kappa shape index (κ2) is 11.8. The summed E-state index contributed by atoms with van der Waals surface area (Å²) in [5.41, 5.74) is 3.02. The molecule has 1 aliphatic rings. The molecule has 37 heavy (non-hydrogen) atoms. The van der Waals surface area contributed by atoms with E-state index in [-0.39, 0.29) is 34.4 Å². The van der Waals surface area contributed by atoms with Crippen LogP contribution in [0.15, 0.2) is 72.1 Å². The van der Waals surface area contributed by atoms with E-state index in [2.05, 4.69) is 20.1 Å². The quantitative estimate of drug-likeness (QED) is 0.379. The molecule has 11 heteroatoms. The lowest BCUT2D eigenvalue weighted by Crippen LogP contribution is -2.34. The van der Waals surface area contributed by atoms with Crippen LogP contribution in [0.3, 0.4) is 0 Å². The van der Waals surface area contributed by atoms with E-state index in [1.54, 1.807) is 54.9 Å². The van der Waals surface area contributed by atoms with Crippen molar-refractivity contribution in [3.05, 3.63) is 83.7 Å². The summed E-state index contributed by atoms with van der Waals surface area (Å²) in [7, 11) is 1.37. The molecular formula is C26H24F2N4O4S. The number of methoxy groups -OCH3 is 1. The van der Waals surface area contributed by atoms with Gasteiger partial charge in [-0.3, -0.25) is 14.6 Å². The highest BCUT2D eigenvalue weighted by molar-refractivity contribution is 8.14. The van der Waals surface area contributed by atoms with Crippen LogP contribution in [0.4, 0.5) is 19.3 Å². The number of ether oxygens (including phenoxy) is 2. The number of rotatable bonds is 9. The number of hydrogen-bond donors (Lipinski definition) is 1. The van der Waals surface area contributed by atoms with Gasteiger partial charge in [0.15, 0.2) is 11.5 Å². The molecule has 0 saturated carbocycles. The molecule has 0 saturated heterocycles. The maximum Gasteiger partial charge on any atom is 0.387 e. The van der Waals surface area contributed by atoms with Crippen LogP contribution in [0.1, 0.15) is 34.8 Å². The van der Waals surface area contributed by atoms with E-state index in [0.717, 1.165) is 17.3 Å². The predicted molar refractivity (Wildman–Crippen MR) is 137 cm³/mol. The van der Waals surface area contributed by atoms with Crippen molar-refractivity contribution in [3.63, 3.8) is 0 Å². The number of alkyl halides is 2. The van der Waals surface area contributed by atoms with Crippen LogP contribution >= 0.6 is 11.8 Å². The van der Waals surface area contributed by atoms with Crippen molar-refractivity contribution >= 4 is 34.3 Å². The highest BCUT2D eigenvalue weighted by Gasteiger charge is 2.31. The van der Waals surface area contributed by atoms with Gasteiger partial charge in [0.1, 0.15) is 0 Å². The summed E-state index contributed by atoms with van der Waals surface area (Å²) in [6, 6.07) is 15.0. The third-order valence-corrected chi connectivity index (χ3v) is 6.77. The number of amides is 2. The third-order valence-electron chi connectivity index (χ3n) is 5.52. The standard InChI is InChI=1S/C26H24F2N4O4S/c1-3-22-23(18-6-9-20(35-2)21(14-18)36-25(27)28)31-32(26(34)37-22)15-16-4-7-19(8-5-16)30-24(33)17-10-12-29-13-11-17/h4-14,22,25H,3,15H2,1-2H3,(H,30,33). The zero-order chi connectivity index (χ0) is 26.4. The maximum atomic E-state index is 12.9. The average Bonchev–Trinajstić information content (AvgIpc) is 2.90. The van der Waals surface area contributed by atoms with Crippen LogP contribution in [0.5, 0.6) is 11.5 Å². The SMILES string of the molecule is CCC1SC(=O)N(Cc2ccc(NC(=O)c3ccncc3)cc2)N=C1c1ccc(OC)c(OC(F)F)c1. The fourth-order valence-corrected chi connectivity index (χ4v) is 4.62. The van der Waals surface area contributed by atoms with Gasteiger partial charge in [-0.1, -0.05) is 30.8 Å². The molecule has 4 rings (SSSR count). The fourth-order valence-electron chi connectivity index (χ4n) is 3.69. The summed E-state index contributed by atoms with van der Waals surface area (Å²) >= 11 is 1.13. The second-order valence-corrected chi connectivity index (χ2v) is 9.11. The first kappa shape index (κ1) is 26.1. The van der Waals surface area contributed by atoms with Gasteiger partial charge in [0.05, 0.1) is 24.6 Å². The number of nitrogens with zero attached hydrogens (tertiary/aromatic N) is 3. The normalized spacial score (nSPS) is 15.4. The highest BCUT2D eigenvalue weighted by atomic mass is 32.2. The molecule has 3 aromatic rings. The Kier molecular flexibility index (Phi) is 8.34. The van der Waals surface area contributed by atoms with E-state index in [1.165, 1.54) is 24.3 Å². The summed E-state index contributed by atoms with van der Waals surface area (Å²) in [6.45, 7) is -0.889. The third kappa shape index (κ3) is 6.42. The van der Waals surface area contributed by atoms with Gasteiger partial charge in [-0.2, -0.15) is 13.9 Å². The molecule has 1 aliphatic heterocycles. The monoisotopic (exact) mass is 526 g/mol. The molecule has 1 aromatic heterocycles. The number of thioether (sulfide) groups is 1. The number of pyridine rings is 1. The Bertz CT molecular complexity index is 1290. The van der Waals surface area contributed by atoms with Crippen LogP contribution in [0, 0.1) is 0 Å². The van der Waals surface area contributed by atoms with E-state index in [1.807, 2.05) is 6.92 Å². The van der Waals surface area contributed by atoms with Crippen LogP contribution in [0.25, 0.3) is 0 Å². The molecule has 0 bridgehead atoms. The Morgan fingerprint density at radius 2 is 1.84 bits per heavy atom. The first-order chi connectivity index (χ1) is 17.9. The number of aromatic nitrogens is 1. The summed E-state index contributed by atoms with van der Waals surface area (Å²) in [4.78, 5) is 29.0. The first-order valence-electron chi connectivity index (χ1n) is 11.4. The number of anilines is 1. The van der Waals surface area contributed by atoms with Crippen molar-refractivity contribution in [1.82, 2.24) is 9.99 Å². The molecule has 1 N–H and O–H groups in total. The summed E-state index contributed by atoms with van der Waals surface area (Å²) in [5, 5.41) is 8.28. The van der Waals surface area contributed by atoms with Crippen molar-refractivity contribution in [1.29, 1.82) is 0 Å². The molecule has 1 atom stereocenters. The lowest BCUT2D eigenvalue weighted by atomic mass is 10.0. The molecule has 2 aromatic carbocycles. The van der Waals surface area contributed by atoms with Gasteiger partial charge in [-0.15, -0.1) is 0 Å². The number of halogens is 2. The van der Waals surface area contributed by atoms with E-state index >= 15 is 0 Å². The zero-order valence-electron chi connectivity index (χ0n) is 20.1. The number of benzene rings is 2. The summed E-state index contributed by atoms with van der Waals surface area (Å²) in [6.07, 6.45) is 3.70. The Morgan fingerprint density at radius 1 is 1.11 bits per heavy atom. The zero-order valence-corrected chi connectivity index (χ0v) is 20.9. The molecular weight excluding hydrogens is 502 g/mol. The number of carbonyl (C=O) groups excluding carboxylic acids is 2. The van der Waals surface area contributed by atoms with Crippen LogP contribution in [-0.4, -0.2) is 45.8 Å². The number of carbonyl (C=O) groups is 2. The molecule has 192 valence electrons. The molecule has 2 amide bonds. The smallest absolute Gasteiger partial charge is 0.387 e. The van der Waals surface area contributed by atoms with Gasteiger partial charge in [0.25, 0.3) is 5.91 Å². The molecule has 0 radical (unpaired) electrons. The second-order valence-electron chi connectivity index (χ2n) is 7.95. The van der Waals surface area contributed by atoms with E-state index < -0.39 is 6.61 Å².